The van der Waals surface area contributed by atoms with Gasteiger partial charge in [-0.1, -0.05) is 33.8 Å². The Hall–Kier alpha value is -1.11. The second-order valence-corrected chi connectivity index (χ2v) is 6.64. The number of fused-ring (bicyclic) bond motifs is 1. The predicted octanol–water partition coefficient (Wildman–Crippen LogP) is 4.16. The number of carbonyl (C=O) groups excluding carboxylic acids is 1. The molecular weight excluding hydrogens is 208 g/mol. The van der Waals surface area contributed by atoms with E-state index >= 15 is 0 Å². The van der Waals surface area contributed by atoms with Crippen molar-refractivity contribution in [1.82, 2.24) is 0 Å². The van der Waals surface area contributed by atoms with Gasteiger partial charge in [-0.05, 0) is 53.4 Å². The molecule has 0 N–H and O–H groups in total. The number of aryl methyl sites for hydroxylation is 1. The van der Waals surface area contributed by atoms with Crippen LogP contribution in [0.4, 0.5) is 0 Å². The molecule has 0 fully saturated rings. The first-order chi connectivity index (χ1) is 7.78. The molecular formula is C16H22O. The highest BCUT2D eigenvalue weighted by Gasteiger charge is 2.37. The largest absolute Gasteiger partial charge is 0.298 e. The summed E-state index contributed by atoms with van der Waals surface area (Å²) in [4.78, 5) is 11.1. The van der Waals surface area contributed by atoms with Crippen LogP contribution in [-0.4, -0.2) is 6.29 Å². The third-order valence-electron chi connectivity index (χ3n) is 4.37. The summed E-state index contributed by atoms with van der Waals surface area (Å²) in [6.45, 7) is 11.2. The molecule has 0 saturated heterocycles. The molecule has 0 atom stereocenters. The standard InChI is InChI=1S/C16H22O/c1-11-8-13-14(9-12(11)10-17)16(4,5)7-6-15(13,2)3/h8-10H,6-7H2,1-5H3. The topological polar surface area (TPSA) is 17.1 Å². The van der Waals surface area contributed by atoms with Crippen molar-refractivity contribution in [3.63, 3.8) is 0 Å². The fourth-order valence-electron chi connectivity index (χ4n) is 2.87. The molecule has 1 aliphatic rings. The van der Waals surface area contributed by atoms with E-state index in [4.69, 9.17) is 0 Å². The fraction of sp³-hybridized carbons (Fsp3) is 0.562. The molecule has 1 nitrogen and oxygen atoms in total. The van der Waals surface area contributed by atoms with E-state index in [0.717, 1.165) is 17.4 Å². The van der Waals surface area contributed by atoms with Crippen molar-refractivity contribution < 1.29 is 4.79 Å². The molecule has 17 heavy (non-hydrogen) atoms. The molecule has 0 aliphatic heterocycles. The van der Waals surface area contributed by atoms with Crippen molar-refractivity contribution in [2.45, 2.75) is 58.3 Å². The monoisotopic (exact) mass is 230 g/mol. The Morgan fingerprint density at radius 1 is 1.00 bits per heavy atom. The van der Waals surface area contributed by atoms with E-state index in [1.54, 1.807) is 0 Å². The third-order valence-corrected chi connectivity index (χ3v) is 4.37. The summed E-state index contributed by atoms with van der Waals surface area (Å²) in [5.74, 6) is 0. The Morgan fingerprint density at radius 2 is 1.47 bits per heavy atom. The van der Waals surface area contributed by atoms with Gasteiger partial charge in [-0.3, -0.25) is 4.79 Å². The second-order valence-electron chi connectivity index (χ2n) is 6.64. The minimum Gasteiger partial charge on any atom is -0.298 e. The second kappa shape index (κ2) is 3.69. The lowest BCUT2D eigenvalue weighted by Gasteiger charge is -2.42. The van der Waals surface area contributed by atoms with Crippen molar-refractivity contribution in [2.24, 2.45) is 0 Å². The number of hydrogen-bond donors (Lipinski definition) is 0. The van der Waals surface area contributed by atoms with Gasteiger partial charge >= 0.3 is 0 Å². The summed E-state index contributed by atoms with van der Waals surface area (Å²) < 4.78 is 0. The fourth-order valence-corrected chi connectivity index (χ4v) is 2.87. The molecule has 0 spiro atoms. The van der Waals surface area contributed by atoms with Gasteiger partial charge in [0.25, 0.3) is 0 Å². The molecule has 0 saturated carbocycles. The third kappa shape index (κ3) is 1.92. The van der Waals surface area contributed by atoms with Crippen molar-refractivity contribution in [2.75, 3.05) is 0 Å². The average molecular weight is 230 g/mol. The smallest absolute Gasteiger partial charge is 0.150 e. The van der Waals surface area contributed by atoms with Gasteiger partial charge in [0.15, 0.2) is 0 Å². The zero-order chi connectivity index (χ0) is 12.8. The zero-order valence-electron chi connectivity index (χ0n) is 11.6. The summed E-state index contributed by atoms with van der Waals surface area (Å²) in [5.41, 5.74) is 5.16. The van der Waals surface area contributed by atoms with Crippen LogP contribution in [0, 0.1) is 6.92 Å². The van der Waals surface area contributed by atoms with E-state index < -0.39 is 0 Å². The minimum absolute atomic E-state index is 0.191. The number of rotatable bonds is 1. The van der Waals surface area contributed by atoms with E-state index in [-0.39, 0.29) is 10.8 Å². The molecule has 1 aromatic carbocycles. The van der Waals surface area contributed by atoms with Crippen molar-refractivity contribution in [3.05, 3.63) is 34.4 Å². The van der Waals surface area contributed by atoms with E-state index in [0.29, 0.717) is 0 Å². The minimum atomic E-state index is 0.191. The summed E-state index contributed by atoms with van der Waals surface area (Å²) in [6.07, 6.45) is 3.38. The lowest BCUT2D eigenvalue weighted by molar-refractivity contribution is 0.112. The molecule has 1 aliphatic carbocycles. The van der Waals surface area contributed by atoms with Gasteiger partial charge in [0.2, 0.25) is 0 Å². The summed E-state index contributed by atoms with van der Waals surface area (Å²) >= 11 is 0. The summed E-state index contributed by atoms with van der Waals surface area (Å²) in [5, 5.41) is 0. The van der Waals surface area contributed by atoms with Crippen LogP contribution in [0.25, 0.3) is 0 Å². The Balaban J connectivity index is 2.72. The van der Waals surface area contributed by atoms with Crippen LogP contribution in [0.15, 0.2) is 12.1 Å². The molecule has 0 aromatic heterocycles. The van der Waals surface area contributed by atoms with Crippen molar-refractivity contribution in [1.29, 1.82) is 0 Å². The quantitative estimate of drug-likeness (QED) is 0.662. The van der Waals surface area contributed by atoms with Crippen LogP contribution in [-0.2, 0) is 10.8 Å². The van der Waals surface area contributed by atoms with Gasteiger partial charge in [0.1, 0.15) is 6.29 Å². The molecule has 0 radical (unpaired) electrons. The van der Waals surface area contributed by atoms with E-state index in [9.17, 15) is 4.79 Å². The molecule has 0 heterocycles. The molecule has 1 aromatic rings. The van der Waals surface area contributed by atoms with Gasteiger partial charge in [0, 0.05) is 5.56 Å². The molecule has 0 bridgehead atoms. The highest BCUT2D eigenvalue weighted by molar-refractivity contribution is 5.78. The Bertz CT molecular complexity index is 467. The molecule has 0 unspecified atom stereocenters. The molecule has 2 rings (SSSR count). The molecule has 92 valence electrons. The summed E-state index contributed by atoms with van der Waals surface area (Å²) in [7, 11) is 0. The predicted molar refractivity (Wildman–Crippen MR) is 71.9 cm³/mol. The van der Waals surface area contributed by atoms with Crippen LogP contribution in [0.1, 0.15) is 67.6 Å². The van der Waals surface area contributed by atoms with Gasteiger partial charge in [-0.25, -0.2) is 0 Å². The number of aldehydes is 1. The Labute approximate surface area is 104 Å². The first kappa shape index (κ1) is 12.3. The van der Waals surface area contributed by atoms with Crippen LogP contribution in [0.3, 0.4) is 0 Å². The first-order valence-electron chi connectivity index (χ1n) is 6.39. The Morgan fingerprint density at radius 3 is 1.94 bits per heavy atom. The molecule has 0 amide bonds. The average Bonchev–Trinajstić information content (AvgIpc) is 2.24. The maximum absolute atomic E-state index is 11.1. The van der Waals surface area contributed by atoms with Crippen LogP contribution in [0.2, 0.25) is 0 Å². The number of carbonyl (C=O) groups is 1. The highest BCUT2D eigenvalue weighted by atomic mass is 16.1. The van der Waals surface area contributed by atoms with E-state index in [2.05, 4.69) is 39.8 Å². The highest BCUT2D eigenvalue weighted by Crippen LogP contribution is 2.46. The number of benzene rings is 1. The zero-order valence-corrected chi connectivity index (χ0v) is 11.6. The van der Waals surface area contributed by atoms with Gasteiger partial charge in [-0.2, -0.15) is 0 Å². The molecule has 1 heteroatoms. The van der Waals surface area contributed by atoms with Gasteiger partial charge in [-0.15, -0.1) is 0 Å². The summed E-state index contributed by atoms with van der Waals surface area (Å²) in [6, 6.07) is 4.33. The first-order valence-corrected chi connectivity index (χ1v) is 6.39. The van der Waals surface area contributed by atoms with Crippen molar-refractivity contribution in [3.8, 4) is 0 Å². The Kier molecular flexibility index (Phi) is 2.68. The lowest BCUT2D eigenvalue weighted by atomic mass is 9.62. The maximum atomic E-state index is 11.1. The van der Waals surface area contributed by atoms with Gasteiger partial charge in [0.05, 0.1) is 0 Å². The van der Waals surface area contributed by atoms with Crippen LogP contribution < -0.4 is 0 Å². The van der Waals surface area contributed by atoms with Crippen LogP contribution in [0.5, 0.6) is 0 Å². The lowest BCUT2D eigenvalue weighted by Crippen LogP contribution is -2.34. The van der Waals surface area contributed by atoms with Crippen molar-refractivity contribution >= 4 is 6.29 Å². The van der Waals surface area contributed by atoms with E-state index in [1.807, 2.05) is 6.92 Å². The number of hydrogen-bond acceptors (Lipinski definition) is 1. The van der Waals surface area contributed by atoms with Crippen LogP contribution >= 0.6 is 0 Å². The SMILES string of the molecule is Cc1cc2c(cc1C=O)C(C)(C)CCC2(C)C. The van der Waals surface area contributed by atoms with E-state index in [1.165, 1.54) is 24.0 Å². The maximum Gasteiger partial charge on any atom is 0.150 e. The van der Waals surface area contributed by atoms with Gasteiger partial charge < -0.3 is 0 Å². The normalized spacial score (nSPS) is 20.8.